The van der Waals surface area contributed by atoms with Crippen LogP contribution in [0.2, 0.25) is 0 Å². The minimum Gasteiger partial charge on any atom is -0.496 e. The Balaban J connectivity index is 1.40. The lowest BCUT2D eigenvalue weighted by Crippen LogP contribution is -2.39. The topological polar surface area (TPSA) is 105 Å². The number of fused-ring (bicyclic) bond motifs is 3. The smallest absolute Gasteiger partial charge is 0.280 e. The molecule has 1 atom stereocenters. The molecule has 0 saturated carbocycles. The van der Waals surface area contributed by atoms with Crippen LogP contribution in [0.3, 0.4) is 0 Å². The second-order valence-corrected chi connectivity index (χ2v) is 12.0. The molecule has 0 fully saturated rings. The summed E-state index contributed by atoms with van der Waals surface area (Å²) >= 11 is 1.20. The van der Waals surface area contributed by atoms with Crippen LogP contribution in [0.15, 0.2) is 106 Å². The SMILES string of the molecule is COc1cc(/C=c2\sc3n(c2=O)[C@H](c2ccccc2OC)C2=C(N=3)c3ccccc3CC2)c([N+](=O)[O-])cc1OCc1ccccc1. The molecule has 1 aliphatic carbocycles. The van der Waals surface area contributed by atoms with Crippen molar-refractivity contribution in [1.29, 1.82) is 0 Å². The number of allylic oxidation sites excluding steroid dienone is 1. The molecule has 1 aromatic heterocycles. The molecule has 4 aromatic carbocycles. The number of benzene rings is 4. The average Bonchev–Trinajstić information content (AvgIpc) is 3.40. The van der Waals surface area contributed by atoms with Gasteiger partial charge in [-0.2, -0.15) is 0 Å². The summed E-state index contributed by atoms with van der Waals surface area (Å²) in [4.78, 5) is 31.6. The largest absolute Gasteiger partial charge is 0.496 e. The number of rotatable bonds is 8. The molecular formula is C36H29N3O6S. The first kappa shape index (κ1) is 29.2. The summed E-state index contributed by atoms with van der Waals surface area (Å²) in [5.74, 6) is 1.22. The Labute approximate surface area is 268 Å². The molecule has 0 saturated heterocycles. The second kappa shape index (κ2) is 12.1. The average molecular weight is 632 g/mol. The third kappa shape index (κ3) is 5.16. The number of thiazole rings is 1. The van der Waals surface area contributed by atoms with Gasteiger partial charge in [-0.05, 0) is 47.8 Å². The Kier molecular flexibility index (Phi) is 7.71. The van der Waals surface area contributed by atoms with Gasteiger partial charge in [-0.3, -0.25) is 19.5 Å². The second-order valence-electron chi connectivity index (χ2n) is 10.9. The van der Waals surface area contributed by atoms with Crippen LogP contribution in [-0.4, -0.2) is 23.7 Å². The van der Waals surface area contributed by atoms with Crippen molar-refractivity contribution in [2.45, 2.75) is 25.5 Å². The summed E-state index contributed by atoms with van der Waals surface area (Å²) in [6.45, 7) is 0.211. The molecule has 0 amide bonds. The van der Waals surface area contributed by atoms with E-state index in [2.05, 4.69) is 12.1 Å². The van der Waals surface area contributed by atoms with Crippen LogP contribution in [0.25, 0.3) is 11.8 Å². The first-order chi connectivity index (χ1) is 22.5. The maximum absolute atomic E-state index is 14.3. The molecule has 0 spiro atoms. The highest BCUT2D eigenvalue weighted by molar-refractivity contribution is 7.07. The van der Waals surface area contributed by atoms with Crippen molar-refractivity contribution in [3.05, 3.63) is 154 Å². The van der Waals surface area contributed by atoms with E-state index in [0.717, 1.165) is 40.8 Å². The summed E-state index contributed by atoms with van der Waals surface area (Å²) in [5, 5.41) is 12.3. The van der Waals surface area contributed by atoms with E-state index in [1.807, 2.05) is 66.7 Å². The Bertz CT molecular complexity index is 2200. The van der Waals surface area contributed by atoms with Gasteiger partial charge in [-0.25, -0.2) is 4.99 Å². The van der Waals surface area contributed by atoms with Crippen molar-refractivity contribution in [2.75, 3.05) is 14.2 Å². The van der Waals surface area contributed by atoms with Crippen LogP contribution >= 0.6 is 11.3 Å². The number of hydrogen-bond acceptors (Lipinski definition) is 8. The van der Waals surface area contributed by atoms with E-state index in [9.17, 15) is 14.9 Å². The molecule has 2 heterocycles. The zero-order valence-electron chi connectivity index (χ0n) is 25.1. The lowest BCUT2D eigenvalue weighted by molar-refractivity contribution is -0.385. The normalized spacial score (nSPS) is 15.3. The zero-order chi connectivity index (χ0) is 31.8. The maximum atomic E-state index is 14.3. The van der Waals surface area contributed by atoms with Crippen LogP contribution in [0.1, 0.15) is 40.3 Å². The minimum atomic E-state index is -0.481. The van der Waals surface area contributed by atoms with Gasteiger partial charge in [-0.1, -0.05) is 84.1 Å². The third-order valence-corrected chi connectivity index (χ3v) is 9.32. The molecule has 7 rings (SSSR count). The summed E-state index contributed by atoms with van der Waals surface area (Å²) in [5.41, 5.74) is 5.65. The van der Waals surface area contributed by atoms with Crippen LogP contribution < -0.4 is 29.1 Å². The number of ether oxygens (including phenoxy) is 3. The monoisotopic (exact) mass is 631 g/mol. The summed E-state index contributed by atoms with van der Waals surface area (Å²) in [6, 6.07) is 27.8. The molecule has 0 N–H and O–H groups in total. The summed E-state index contributed by atoms with van der Waals surface area (Å²) in [6.07, 6.45) is 3.10. The number of nitro groups is 1. The van der Waals surface area contributed by atoms with Crippen LogP contribution in [0, 0.1) is 10.1 Å². The highest BCUT2D eigenvalue weighted by Gasteiger charge is 2.34. The molecule has 46 heavy (non-hydrogen) atoms. The first-order valence-corrected chi connectivity index (χ1v) is 15.6. The standard InChI is InChI=1S/C36H29N3O6S/c1-43-29-15-9-8-14-26(29)34-27-17-16-23-12-6-7-13-25(23)33(27)37-36-38(34)35(40)32(46-36)19-24-18-30(44-2)31(20-28(24)39(41)42)45-21-22-10-4-3-5-11-22/h3-15,18-20,34H,16-17,21H2,1-2H3/b32-19-/t34-/m1/s1. The van der Waals surface area contributed by atoms with E-state index < -0.39 is 11.0 Å². The molecule has 0 radical (unpaired) electrons. The quantitative estimate of drug-likeness (QED) is 0.158. The lowest BCUT2D eigenvalue weighted by Gasteiger charge is -2.31. The van der Waals surface area contributed by atoms with Gasteiger partial charge in [0, 0.05) is 11.1 Å². The van der Waals surface area contributed by atoms with Gasteiger partial charge in [0.05, 0.1) is 47.0 Å². The molecule has 10 heteroatoms. The van der Waals surface area contributed by atoms with E-state index >= 15 is 0 Å². The van der Waals surface area contributed by atoms with Gasteiger partial charge in [-0.15, -0.1) is 0 Å². The fourth-order valence-corrected chi connectivity index (χ4v) is 7.17. The predicted molar refractivity (Wildman–Crippen MR) is 176 cm³/mol. The molecule has 230 valence electrons. The van der Waals surface area contributed by atoms with E-state index in [-0.39, 0.29) is 29.2 Å². The Morgan fingerprint density at radius 3 is 2.46 bits per heavy atom. The highest BCUT2D eigenvalue weighted by atomic mass is 32.1. The maximum Gasteiger partial charge on any atom is 0.280 e. The number of nitrogens with zero attached hydrogens (tertiary/aromatic N) is 3. The number of para-hydroxylation sites is 1. The van der Waals surface area contributed by atoms with Crippen LogP contribution in [-0.2, 0) is 13.0 Å². The molecule has 2 aliphatic rings. The van der Waals surface area contributed by atoms with Crippen molar-refractivity contribution in [2.24, 2.45) is 4.99 Å². The molecule has 9 nitrogen and oxygen atoms in total. The third-order valence-electron chi connectivity index (χ3n) is 8.34. The van der Waals surface area contributed by atoms with Gasteiger partial charge in [0.1, 0.15) is 12.4 Å². The van der Waals surface area contributed by atoms with Gasteiger partial charge < -0.3 is 14.2 Å². The van der Waals surface area contributed by atoms with Gasteiger partial charge >= 0.3 is 0 Å². The van der Waals surface area contributed by atoms with Crippen molar-refractivity contribution in [3.8, 4) is 17.2 Å². The number of hydrogen-bond donors (Lipinski definition) is 0. The first-order valence-electron chi connectivity index (χ1n) is 14.8. The summed E-state index contributed by atoms with van der Waals surface area (Å²) in [7, 11) is 3.09. The number of methoxy groups -OCH3 is 2. The van der Waals surface area contributed by atoms with Crippen molar-refractivity contribution in [3.63, 3.8) is 0 Å². The molecule has 0 bridgehead atoms. The molecule has 0 unspecified atom stereocenters. The van der Waals surface area contributed by atoms with Gasteiger partial charge in [0.15, 0.2) is 16.3 Å². The van der Waals surface area contributed by atoms with E-state index in [1.165, 1.54) is 36.1 Å². The minimum absolute atomic E-state index is 0.204. The predicted octanol–water partition coefficient (Wildman–Crippen LogP) is 5.82. The fourth-order valence-electron chi connectivity index (χ4n) is 6.18. The van der Waals surface area contributed by atoms with Crippen molar-refractivity contribution < 1.29 is 19.1 Å². The zero-order valence-corrected chi connectivity index (χ0v) is 26.0. The van der Waals surface area contributed by atoms with E-state index in [1.54, 1.807) is 17.8 Å². The molecular weight excluding hydrogens is 602 g/mol. The molecule has 5 aromatic rings. The van der Waals surface area contributed by atoms with E-state index in [4.69, 9.17) is 19.2 Å². The van der Waals surface area contributed by atoms with Crippen LogP contribution in [0.5, 0.6) is 17.2 Å². The lowest BCUT2D eigenvalue weighted by atomic mass is 9.83. The van der Waals surface area contributed by atoms with Crippen molar-refractivity contribution in [1.82, 2.24) is 4.57 Å². The van der Waals surface area contributed by atoms with Crippen LogP contribution in [0.4, 0.5) is 5.69 Å². The number of aromatic nitrogens is 1. The number of aryl methyl sites for hydroxylation is 1. The number of nitro benzene ring substituents is 1. The van der Waals surface area contributed by atoms with E-state index in [0.29, 0.717) is 20.8 Å². The molecule has 1 aliphatic heterocycles. The fraction of sp³-hybridized carbons (Fsp3) is 0.167. The Morgan fingerprint density at radius 1 is 0.935 bits per heavy atom. The van der Waals surface area contributed by atoms with Gasteiger partial charge in [0.25, 0.3) is 11.2 Å². The Hall–Kier alpha value is -5.48. The van der Waals surface area contributed by atoms with Crippen molar-refractivity contribution >= 4 is 28.8 Å². The van der Waals surface area contributed by atoms with Gasteiger partial charge in [0.2, 0.25) is 0 Å². The highest BCUT2D eigenvalue weighted by Crippen LogP contribution is 2.43. The Morgan fingerprint density at radius 2 is 1.67 bits per heavy atom. The summed E-state index contributed by atoms with van der Waals surface area (Å²) < 4.78 is 19.3.